The van der Waals surface area contributed by atoms with Gasteiger partial charge < -0.3 is 16.3 Å². The lowest BCUT2D eigenvalue weighted by Crippen LogP contribution is -2.38. The topological polar surface area (TPSA) is 101 Å². The first-order valence-corrected chi connectivity index (χ1v) is 5.66. The van der Waals surface area contributed by atoms with Gasteiger partial charge in [-0.1, -0.05) is 19.0 Å². The predicted molar refractivity (Wildman–Crippen MR) is 69.3 cm³/mol. The van der Waals surface area contributed by atoms with E-state index in [-0.39, 0.29) is 17.7 Å². The minimum absolute atomic E-state index is 0.0714. The summed E-state index contributed by atoms with van der Waals surface area (Å²) in [5.41, 5.74) is 7.06. The van der Waals surface area contributed by atoms with E-state index in [1.807, 2.05) is 20.8 Å². The molecule has 1 heterocycles. The molecule has 4 N–H and O–H groups in total. The molecule has 6 heteroatoms. The summed E-state index contributed by atoms with van der Waals surface area (Å²) in [5, 5.41) is 14.3. The number of anilines is 1. The molecule has 0 aromatic carbocycles. The van der Waals surface area contributed by atoms with Crippen molar-refractivity contribution in [3.05, 3.63) is 24.0 Å². The van der Waals surface area contributed by atoms with Gasteiger partial charge in [0.05, 0.1) is 11.9 Å². The van der Waals surface area contributed by atoms with Crippen LogP contribution in [0.4, 0.5) is 5.69 Å². The lowest BCUT2D eigenvalue weighted by atomic mass is 9.93. The van der Waals surface area contributed by atoms with Crippen LogP contribution in [-0.4, -0.2) is 21.9 Å². The Bertz CT molecular complexity index is 457. The van der Waals surface area contributed by atoms with E-state index in [1.165, 1.54) is 0 Å². The second-order valence-corrected chi connectivity index (χ2v) is 4.43. The summed E-state index contributed by atoms with van der Waals surface area (Å²) in [7, 11) is 0. The highest BCUT2D eigenvalue weighted by molar-refractivity contribution is 6.08. The number of nitrogens with one attached hydrogen (secondary N) is 1. The summed E-state index contributed by atoms with van der Waals surface area (Å²) in [4.78, 5) is 16.0. The van der Waals surface area contributed by atoms with Gasteiger partial charge in [0.2, 0.25) is 5.91 Å². The van der Waals surface area contributed by atoms with Crippen LogP contribution in [0.25, 0.3) is 0 Å². The number of aryl methyl sites for hydroxylation is 1. The first kappa shape index (κ1) is 14.0. The number of hydrogen-bond donors (Lipinski definition) is 3. The van der Waals surface area contributed by atoms with Crippen molar-refractivity contribution in [1.29, 1.82) is 0 Å². The van der Waals surface area contributed by atoms with E-state index in [9.17, 15) is 4.79 Å². The molecule has 1 aromatic rings. The third-order valence-corrected chi connectivity index (χ3v) is 2.68. The molecule has 0 bridgehead atoms. The molecular formula is C12H18N4O2. The van der Waals surface area contributed by atoms with Crippen LogP contribution in [0.2, 0.25) is 0 Å². The molecule has 0 aliphatic carbocycles. The maximum Gasteiger partial charge on any atom is 0.235 e. The fourth-order valence-corrected chi connectivity index (χ4v) is 1.65. The zero-order chi connectivity index (χ0) is 13.7. The molecule has 0 radical (unpaired) electrons. The summed E-state index contributed by atoms with van der Waals surface area (Å²) in [6.45, 7) is 5.53. The van der Waals surface area contributed by atoms with Gasteiger partial charge >= 0.3 is 0 Å². The van der Waals surface area contributed by atoms with Crippen LogP contribution in [0.3, 0.4) is 0 Å². The van der Waals surface area contributed by atoms with Crippen LogP contribution in [0, 0.1) is 18.8 Å². The summed E-state index contributed by atoms with van der Waals surface area (Å²) in [5.74, 6) is -1.15. The van der Waals surface area contributed by atoms with E-state index in [4.69, 9.17) is 10.9 Å². The largest absolute Gasteiger partial charge is 0.409 e. The average molecular weight is 250 g/mol. The molecule has 0 saturated heterocycles. The van der Waals surface area contributed by atoms with Crippen molar-refractivity contribution in [3.8, 4) is 0 Å². The van der Waals surface area contributed by atoms with Crippen molar-refractivity contribution in [2.75, 3.05) is 5.32 Å². The highest BCUT2D eigenvalue weighted by Crippen LogP contribution is 2.17. The van der Waals surface area contributed by atoms with E-state index in [2.05, 4.69) is 15.5 Å². The molecule has 1 aromatic heterocycles. The van der Waals surface area contributed by atoms with Crippen LogP contribution in [0.1, 0.15) is 19.4 Å². The van der Waals surface area contributed by atoms with Crippen molar-refractivity contribution in [2.45, 2.75) is 20.8 Å². The standard InChI is InChI=1S/C12H18N4O2/c1-7(2)10(11(13)16-18)12(17)15-9-6-14-5-4-8(9)3/h4-7,10,18H,1-3H3,(H2,13,16)(H,15,17). The van der Waals surface area contributed by atoms with Crippen LogP contribution < -0.4 is 11.1 Å². The average Bonchev–Trinajstić information content (AvgIpc) is 2.31. The molecular weight excluding hydrogens is 232 g/mol. The monoisotopic (exact) mass is 250 g/mol. The van der Waals surface area contributed by atoms with E-state index in [0.29, 0.717) is 5.69 Å². The van der Waals surface area contributed by atoms with Crippen molar-refractivity contribution >= 4 is 17.4 Å². The summed E-state index contributed by atoms with van der Waals surface area (Å²) < 4.78 is 0. The smallest absolute Gasteiger partial charge is 0.235 e. The molecule has 18 heavy (non-hydrogen) atoms. The number of carbonyl (C=O) groups is 1. The van der Waals surface area contributed by atoms with Gasteiger partial charge in [0.25, 0.3) is 0 Å². The maximum atomic E-state index is 12.1. The van der Waals surface area contributed by atoms with Gasteiger partial charge in [-0.15, -0.1) is 0 Å². The number of nitrogens with two attached hydrogens (primary N) is 1. The van der Waals surface area contributed by atoms with Gasteiger partial charge in [0.15, 0.2) is 5.84 Å². The Labute approximate surface area is 106 Å². The Balaban J connectivity index is 2.90. The third-order valence-electron chi connectivity index (χ3n) is 2.68. The number of oxime groups is 1. The Hall–Kier alpha value is -2.11. The van der Waals surface area contributed by atoms with Gasteiger partial charge in [-0.05, 0) is 24.5 Å². The summed E-state index contributed by atoms with van der Waals surface area (Å²) >= 11 is 0. The first-order chi connectivity index (χ1) is 8.47. The van der Waals surface area contributed by atoms with E-state index in [0.717, 1.165) is 5.56 Å². The third kappa shape index (κ3) is 3.19. The van der Waals surface area contributed by atoms with Gasteiger partial charge in [-0.3, -0.25) is 9.78 Å². The molecule has 1 rings (SSSR count). The molecule has 1 amide bonds. The quantitative estimate of drug-likeness (QED) is 0.325. The van der Waals surface area contributed by atoms with E-state index in [1.54, 1.807) is 18.5 Å². The number of hydrogen-bond acceptors (Lipinski definition) is 4. The number of aromatic nitrogens is 1. The normalized spacial score (nSPS) is 13.4. The minimum atomic E-state index is -0.672. The Morgan fingerprint density at radius 1 is 1.56 bits per heavy atom. The second-order valence-electron chi connectivity index (χ2n) is 4.43. The first-order valence-electron chi connectivity index (χ1n) is 5.66. The van der Waals surface area contributed by atoms with Crippen LogP contribution >= 0.6 is 0 Å². The van der Waals surface area contributed by atoms with Crippen LogP contribution in [0.15, 0.2) is 23.6 Å². The number of nitrogens with zero attached hydrogens (tertiary/aromatic N) is 2. The van der Waals surface area contributed by atoms with Gasteiger partial charge in [-0.25, -0.2) is 0 Å². The molecule has 0 aliphatic rings. The Morgan fingerprint density at radius 3 is 2.72 bits per heavy atom. The summed E-state index contributed by atoms with van der Waals surface area (Å²) in [6, 6.07) is 1.80. The molecule has 6 nitrogen and oxygen atoms in total. The highest BCUT2D eigenvalue weighted by Gasteiger charge is 2.27. The fourth-order valence-electron chi connectivity index (χ4n) is 1.65. The zero-order valence-corrected chi connectivity index (χ0v) is 10.7. The molecule has 0 saturated carbocycles. The number of amidine groups is 1. The molecule has 0 aliphatic heterocycles. The number of amides is 1. The molecule has 1 atom stereocenters. The predicted octanol–water partition coefficient (Wildman–Crippen LogP) is 1.35. The fraction of sp³-hybridized carbons (Fsp3) is 0.417. The Kier molecular flexibility index (Phi) is 4.65. The molecule has 0 fully saturated rings. The number of carbonyl (C=O) groups excluding carboxylic acids is 1. The van der Waals surface area contributed by atoms with E-state index >= 15 is 0 Å². The number of rotatable bonds is 4. The summed E-state index contributed by atoms with van der Waals surface area (Å²) in [6.07, 6.45) is 3.21. The van der Waals surface area contributed by atoms with Crippen molar-refractivity contribution in [1.82, 2.24) is 4.98 Å². The van der Waals surface area contributed by atoms with Crippen LogP contribution in [0.5, 0.6) is 0 Å². The maximum absolute atomic E-state index is 12.1. The SMILES string of the molecule is Cc1ccncc1NC(=O)C(C(N)=NO)C(C)C. The van der Waals surface area contributed by atoms with Gasteiger partial charge in [0.1, 0.15) is 5.92 Å². The van der Waals surface area contributed by atoms with E-state index < -0.39 is 5.92 Å². The van der Waals surface area contributed by atoms with Crippen LogP contribution in [-0.2, 0) is 4.79 Å². The van der Waals surface area contributed by atoms with Crippen molar-refractivity contribution in [3.63, 3.8) is 0 Å². The second kappa shape index (κ2) is 6.00. The van der Waals surface area contributed by atoms with Gasteiger partial charge in [-0.2, -0.15) is 0 Å². The number of pyridine rings is 1. The Morgan fingerprint density at radius 2 is 2.22 bits per heavy atom. The lowest BCUT2D eigenvalue weighted by molar-refractivity contribution is -0.119. The zero-order valence-electron chi connectivity index (χ0n) is 10.7. The minimum Gasteiger partial charge on any atom is -0.409 e. The molecule has 1 unspecified atom stereocenters. The van der Waals surface area contributed by atoms with Crippen molar-refractivity contribution < 1.29 is 10.0 Å². The molecule has 98 valence electrons. The lowest BCUT2D eigenvalue weighted by Gasteiger charge is -2.19. The van der Waals surface area contributed by atoms with Crippen molar-refractivity contribution in [2.24, 2.45) is 22.7 Å². The highest BCUT2D eigenvalue weighted by atomic mass is 16.4. The van der Waals surface area contributed by atoms with Gasteiger partial charge in [0, 0.05) is 6.20 Å². The molecule has 0 spiro atoms.